The number of ether oxygens (including phenoxy) is 1. The average molecular weight is 279 g/mol. The van der Waals surface area contributed by atoms with Crippen molar-refractivity contribution < 1.29 is 19.3 Å². The van der Waals surface area contributed by atoms with E-state index in [2.05, 4.69) is 15.9 Å². The van der Waals surface area contributed by atoms with Crippen molar-refractivity contribution in [1.82, 2.24) is 0 Å². The SMILES string of the molecule is COc1c(O)c(CCCO)cc(Br)c1F. The quantitative estimate of drug-likeness (QED) is 0.888. The lowest BCUT2D eigenvalue weighted by Gasteiger charge is -2.10. The largest absolute Gasteiger partial charge is 0.504 e. The van der Waals surface area contributed by atoms with E-state index in [9.17, 15) is 9.50 Å². The number of hydrogen-bond acceptors (Lipinski definition) is 3. The van der Waals surface area contributed by atoms with Gasteiger partial charge in [-0.15, -0.1) is 0 Å². The van der Waals surface area contributed by atoms with Gasteiger partial charge in [-0.25, -0.2) is 4.39 Å². The fourth-order valence-electron chi connectivity index (χ4n) is 1.29. The average Bonchev–Trinajstić information content (AvgIpc) is 2.22. The van der Waals surface area contributed by atoms with Crippen LogP contribution in [0.1, 0.15) is 12.0 Å². The topological polar surface area (TPSA) is 49.7 Å². The molecular weight excluding hydrogens is 267 g/mol. The van der Waals surface area contributed by atoms with Crippen molar-refractivity contribution in [3.63, 3.8) is 0 Å². The van der Waals surface area contributed by atoms with E-state index in [1.807, 2.05) is 0 Å². The molecule has 0 saturated carbocycles. The zero-order valence-corrected chi connectivity index (χ0v) is 9.84. The molecule has 0 amide bonds. The molecule has 15 heavy (non-hydrogen) atoms. The Morgan fingerprint density at radius 3 is 2.73 bits per heavy atom. The van der Waals surface area contributed by atoms with Gasteiger partial charge in [0.1, 0.15) is 0 Å². The highest BCUT2D eigenvalue weighted by atomic mass is 79.9. The molecule has 2 N–H and O–H groups in total. The minimum atomic E-state index is -0.622. The van der Waals surface area contributed by atoms with Gasteiger partial charge < -0.3 is 14.9 Å². The van der Waals surface area contributed by atoms with E-state index in [-0.39, 0.29) is 22.6 Å². The molecule has 3 nitrogen and oxygen atoms in total. The Morgan fingerprint density at radius 2 is 2.20 bits per heavy atom. The van der Waals surface area contributed by atoms with Crippen molar-refractivity contribution >= 4 is 15.9 Å². The maximum absolute atomic E-state index is 13.4. The highest BCUT2D eigenvalue weighted by Gasteiger charge is 2.16. The molecule has 84 valence electrons. The number of halogens is 2. The molecule has 0 fully saturated rings. The molecule has 5 heteroatoms. The monoisotopic (exact) mass is 278 g/mol. The molecule has 0 aromatic heterocycles. The van der Waals surface area contributed by atoms with Gasteiger partial charge in [-0.1, -0.05) is 0 Å². The van der Waals surface area contributed by atoms with E-state index in [0.717, 1.165) is 0 Å². The minimum Gasteiger partial charge on any atom is -0.504 e. The van der Waals surface area contributed by atoms with Crippen LogP contribution in [-0.2, 0) is 6.42 Å². The summed E-state index contributed by atoms with van der Waals surface area (Å²) in [5, 5.41) is 18.3. The number of methoxy groups -OCH3 is 1. The van der Waals surface area contributed by atoms with Crippen LogP contribution in [0.5, 0.6) is 11.5 Å². The number of aliphatic hydroxyl groups excluding tert-OH is 1. The molecule has 1 aromatic carbocycles. The second-order valence-corrected chi connectivity index (χ2v) is 3.89. The summed E-state index contributed by atoms with van der Waals surface area (Å²) in [5.74, 6) is -0.994. The van der Waals surface area contributed by atoms with Crippen LogP contribution in [0.2, 0.25) is 0 Å². The van der Waals surface area contributed by atoms with Gasteiger partial charge in [0.25, 0.3) is 0 Å². The van der Waals surface area contributed by atoms with Crippen LogP contribution < -0.4 is 4.74 Å². The van der Waals surface area contributed by atoms with Crippen LogP contribution in [0.3, 0.4) is 0 Å². The Balaban J connectivity index is 3.12. The maximum atomic E-state index is 13.4. The third-order valence-electron chi connectivity index (χ3n) is 2.04. The molecule has 0 unspecified atom stereocenters. The number of aryl methyl sites for hydroxylation is 1. The maximum Gasteiger partial charge on any atom is 0.198 e. The molecule has 0 aliphatic heterocycles. The van der Waals surface area contributed by atoms with Gasteiger partial charge >= 0.3 is 0 Å². The first-order valence-electron chi connectivity index (χ1n) is 4.46. The van der Waals surface area contributed by atoms with Crippen LogP contribution >= 0.6 is 15.9 Å². The number of benzene rings is 1. The first kappa shape index (κ1) is 12.3. The first-order valence-corrected chi connectivity index (χ1v) is 5.25. The molecular formula is C10H12BrFO3. The number of phenols is 1. The number of hydrogen-bond donors (Lipinski definition) is 2. The molecule has 0 atom stereocenters. The Labute approximate surface area is 95.6 Å². The molecule has 0 heterocycles. The van der Waals surface area contributed by atoms with Gasteiger partial charge in [-0.3, -0.25) is 0 Å². The third kappa shape index (κ3) is 2.60. The number of aliphatic hydroxyl groups is 1. The van der Waals surface area contributed by atoms with Gasteiger partial charge in [0, 0.05) is 6.61 Å². The normalized spacial score (nSPS) is 10.4. The first-order chi connectivity index (χ1) is 7.11. The van der Waals surface area contributed by atoms with E-state index in [0.29, 0.717) is 18.4 Å². The van der Waals surface area contributed by atoms with Crippen LogP contribution in [0.15, 0.2) is 10.5 Å². The van der Waals surface area contributed by atoms with Crippen molar-refractivity contribution in [3.05, 3.63) is 21.9 Å². The zero-order chi connectivity index (χ0) is 11.4. The number of rotatable bonds is 4. The van der Waals surface area contributed by atoms with Crippen LogP contribution in [0.4, 0.5) is 4.39 Å². The van der Waals surface area contributed by atoms with Gasteiger partial charge in [0.2, 0.25) is 0 Å². The van der Waals surface area contributed by atoms with Crippen molar-refractivity contribution in [2.75, 3.05) is 13.7 Å². The van der Waals surface area contributed by atoms with E-state index < -0.39 is 5.82 Å². The molecule has 0 aliphatic rings. The van der Waals surface area contributed by atoms with Gasteiger partial charge in [-0.05, 0) is 40.4 Å². The third-order valence-corrected chi connectivity index (χ3v) is 2.61. The van der Waals surface area contributed by atoms with E-state index in [4.69, 9.17) is 9.84 Å². The summed E-state index contributed by atoms with van der Waals surface area (Å²) in [6.45, 7) is 0.0246. The van der Waals surface area contributed by atoms with E-state index in [1.54, 1.807) is 0 Å². The molecule has 1 rings (SSSR count). The lowest BCUT2D eigenvalue weighted by molar-refractivity contribution is 0.287. The molecule has 0 spiro atoms. The lowest BCUT2D eigenvalue weighted by Crippen LogP contribution is -1.96. The molecule has 0 saturated heterocycles. The fraction of sp³-hybridized carbons (Fsp3) is 0.400. The summed E-state index contributed by atoms with van der Waals surface area (Å²) in [4.78, 5) is 0. The summed E-state index contributed by atoms with van der Waals surface area (Å²) < 4.78 is 18.4. The van der Waals surface area contributed by atoms with E-state index >= 15 is 0 Å². The summed E-state index contributed by atoms with van der Waals surface area (Å²) >= 11 is 3.04. The molecule has 0 radical (unpaired) electrons. The minimum absolute atomic E-state index is 0.0246. The predicted octanol–water partition coefficient (Wildman–Crippen LogP) is 2.23. The molecule has 1 aromatic rings. The van der Waals surface area contributed by atoms with Crippen LogP contribution in [0, 0.1) is 5.82 Å². The highest BCUT2D eigenvalue weighted by Crippen LogP contribution is 2.37. The van der Waals surface area contributed by atoms with E-state index in [1.165, 1.54) is 13.2 Å². The summed E-state index contributed by atoms with van der Waals surface area (Å²) in [7, 11) is 1.29. The lowest BCUT2D eigenvalue weighted by atomic mass is 10.1. The predicted molar refractivity (Wildman–Crippen MR) is 57.7 cm³/mol. The Hall–Kier alpha value is -0.810. The smallest absolute Gasteiger partial charge is 0.198 e. The second kappa shape index (κ2) is 5.32. The van der Waals surface area contributed by atoms with Crippen molar-refractivity contribution in [2.45, 2.75) is 12.8 Å². The van der Waals surface area contributed by atoms with Crippen molar-refractivity contribution in [2.24, 2.45) is 0 Å². The zero-order valence-electron chi connectivity index (χ0n) is 8.26. The molecule has 0 bridgehead atoms. The Bertz CT molecular complexity index is 355. The fourth-order valence-corrected chi connectivity index (χ4v) is 1.75. The second-order valence-electron chi connectivity index (χ2n) is 3.04. The van der Waals surface area contributed by atoms with Crippen LogP contribution in [-0.4, -0.2) is 23.9 Å². The van der Waals surface area contributed by atoms with Gasteiger partial charge in [0.05, 0.1) is 11.6 Å². The standard InChI is InChI=1S/C10H12BrFO3/c1-15-10-8(12)7(11)5-6(9(10)14)3-2-4-13/h5,13-14H,2-4H2,1H3. The summed E-state index contributed by atoms with van der Waals surface area (Å²) in [6, 6.07) is 1.49. The number of aromatic hydroxyl groups is 1. The molecule has 0 aliphatic carbocycles. The van der Waals surface area contributed by atoms with Gasteiger partial charge in [-0.2, -0.15) is 0 Å². The highest BCUT2D eigenvalue weighted by molar-refractivity contribution is 9.10. The Morgan fingerprint density at radius 1 is 1.53 bits per heavy atom. The Kier molecular flexibility index (Phi) is 4.35. The van der Waals surface area contributed by atoms with Crippen molar-refractivity contribution in [3.8, 4) is 11.5 Å². The summed E-state index contributed by atoms with van der Waals surface area (Å²) in [6.07, 6.45) is 0.979. The summed E-state index contributed by atoms with van der Waals surface area (Å²) in [5.41, 5.74) is 0.550. The van der Waals surface area contributed by atoms with Crippen LogP contribution in [0.25, 0.3) is 0 Å². The van der Waals surface area contributed by atoms with Gasteiger partial charge in [0.15, 0.2) is 17.3 Å². The van der Waals surface area contributed by atoms with Crippen molar-refractivity contribution in [1.29, 1.82) is 0 Å². The number of phenolic OH excluding ortho intramolecular Hbond substituents is 1.